The molecule has 1 aromatic carbocycles. The molecular weight excluding hydrogens is 352 g/mol. The van der Waals surface area contributed by atoms with E-state index in [9.17, 15) is 9.59 Å². The van der Waals surface area contributed by atoms with Crippen LogP contribution in [0.2, 0.25) is 0 Å². The van der Waals surface area contributed by atoms with Crippen molar-refractivity contribution in [3.05, 3.63) is 35.9 Å². The maximum absolute atomic E-state index is 12.2. The molecule has 5 heteroatoms. The highest BCUT2D eigenvalue weighted by atomic mass is 79.9. The molecule has 92 valence electrons. The second-order valence-corrected chi connectivity index (χ2v) is 5.26. The van der Waals surface area contributed by atoms with Gasteiger partial charge in [0.25, 0.3) is 0 Å². The van der Waals surface area contributed by atoms with E-state index in [0.29, 0.717) is 5.56 Å². The van der Waals surface area contributed by atoms with Crippen molar-refractivity contribution >= 4 is 43.6 Å². The highest BCUT2D eigenvalue weighted by Gasteiger charge is 2.44. The third kappa shape index (κ3) is 3.16. The minimum Gasteiger partial charge on any atom is -0.465 e. The summed E-state index contributed by atoms with van der Waals surface area (Å²) >= 11 is 6.35. The molecule has 0 saturated carbocycles. The number of ether oxygens (including phenoxy) is 1. The molecule has 0 aliphatic rings. The highest BCUT2D eigenvalue weighted by Crippen LogP contribution is 2.27. The molecule has 0 aliphatic carbocycles. The van der Waals surface area contributed by atoms with Crippen LogP contribution in [0.5, 0.6) is 0 Å². The third-order valence-corrected chi connectivity index (χ3v) is 4.74. The van der Waals surface area contributed by atoms with E-state index < -0.39 is 10.3 Å². The Morgan fingerprint density at radius 2 is 1.88 bits per heavy atom. The van der Waals surface area contributed by atoms with E-state index in [1.165, 1.54) is 0 Å². The molecule has 0 N–H and O–H groups in total. The van der Waals surface area contributed by atoms with Crippen LogP contribution in [0.25, 0.3) is 0 Å². The summed E-state index contributed by atoms with van der Waals surface area (Å²) in [6, 6.07) is 8.64. The quantitative estimate of drug-likeness (QED) is 0.349. The lowest BCUT2D eigenvalue weighted by Crippen LogP contribution is -2.43. The largest absolute Gasteiger partial charge is 0.465 e. The van der Waals surface area contributed by atoms with Crippen LogP contribution in [0.4, 0.5) is 0 Å². The van der Waals surface area contributed by atoms with Crippen molar-refractivity contribution in [1.29, 1.82) is 0 Å². The molecule has 0 amide bonds. The fraction of sp³-hybridized carbons (Fsp3) is 0.333. The normalized spacial score (nSPS) is 13.8. The molecule has 0 radical (unpaired) electrons. The summed E-state index contributed by atoms with van der Waals surface area (Å²) in [5.41, 5.74) is 0.469. The smallest absolute Gasteiger partial charge is 0.331 e. The third-order valence-electron chi connectivity index (χ3n) is 2.18. The molecular formula is C12H12Br2O3. The number of rotatable bonds is 5. The zero-order valence-electron chi connectivity index (χ0n) is 9.28. The Bertz CT molecular complexity index is 405. The number of carbonyl (C=O) groups excluding carboxylic acids is 2. The molecule has 1 atom stereocenters. The van der Waals surface area contributed by atoms with Gasteiger partial charge >= 0.3 is 5.97 Å². The predicted octanol–water partition coefficient (Wildman–Crippen LogP) is 2.96. The van der Waals surface area contributed by atoms with E-state index in [2.05, 4.69) is 31.9 Å². The molecule has 0 aliphatic heterocycles. The van der Waals surface area contributed by atoms with Gasteiger partial charge in [-0.2, -0.15) is 0 Å². The molecule has 0 heterocycles. The van der Waals surface area contributed by atoms with Crippen LogP contribution in [-0.4, -0.2) is 28.0 Å². The lowest BCUT2D eigenvalue weighted by molar-refractivity contribution is -0.143. The monoisotopic (exact) mass is 362 g/mol. The molecule has 1 aromatic rings. The molecule has 0 aromatic heterocycles. The number of benzene rings is 1. The van der Waals surface area contributed by atoms with Crippen molar-refractivity contribution in [2.75, 3.05) is 11.9 Å². The fourth-order valence-corrected chi connectivity index (χ4v) is 2.10. The summed E-state index contributed by atoms with van der Waals surface area (Å²) < 4.78 is 3.55. The molecule has 0 spiro atoms. The first kappa shape index (κ1) is 14.4. The Kier molecular flexibility index (Phi) is 5.33. The van der Waals surface area contributed by atoms with Gasteiger partial charge < -0.3 is 4.74 Å². The Morgan fingerprint density at radius 3 is 2.35 bits per heavy atom. The van der Waals surface area contributed by atoms with E-state index in [0.717, 1.165) is 0 Å². The number of ketones is 1. The first-order chi connectivity index (χ1) is 8.06. The number of Topliss-reactive ketones (excluding diaryl/α,β-unsaturated/α-hetero) is 1. The second-order valence-electron chi connectivity index (χ2n) is 3.35. The number of esters is 1. The zero-order valence-corrected chi connectivity index (χ0v) is 12.5. The molecule has 0 saturated heterocycles. The summed E-state index contributed by atoms with van der Waals surface area (Å²) in [4.78, 5) is 24.0. The lowest BCUT2D eigenvalue weighted by atomic mass is 9.99. The summed E-state index contributed by atoms with van der Waals surface area (Å²) in [6.45, 7) is 1.94. The zero-order chi connectivity index (χ0) is 12.9. The minimum absolute atomic E-state index is 0.159. The second kappa shape index (κ2) is 6.31. The van der Waals surface area contributed by atoms with Crippen LogP contribution in [0.1, 0.15) is 17.3 Å². The Hall–Kier alpha value is -0.680. The van der Waals surface area contributed by atoms with Crippen LogP contribution in [0.15, 0.2) is 30.3 Å². The van der Waals surface area contributed by atoms with E-state index in [1.54, 1.807) is 31.2 Å². The maximum atomic E-state index is 12.2. The molecule has 1 unspecified atom stereocenters. The van der Waals surface area contributed by atoms with Crippen LogP contribution in [0, 0.1) is 0 Å². The topological polar surface area (TPSA) is 43.4 Å². The summed E-state index contributed by atoms with van der Waals surface area (Å²) in [6.07, 6.45) is 0. The summed E-state index contributed by atoms with van der Waals surface area (Å²) in [7, 11) is 0. The Labute approximate surface area is 117 Å². The molecule has 0 bridgehead atoms. The molecule has 3 nitrogen and oxygen atoms in total. The van der Waals surface area contributed by atoms with Gasteiger partial charge in [0.1, 0.15) is 0 Å². The van der Waals surface area contributed by atoms with Crippen molar-refractivity contribution < 1.29 is 14.3 Å². The number of hydrogen-bond acceptors (Lipinski definition) is 3. The first-order valence-electron chi connectivity index (χ1n) is 5.08. The van der Waals surface area contributed by atoms with Gasteiger partial charge in [0, 0.05) is 10.9 Å². The standard InChI is InChI=1S/C12H12Br2O3/c1-2-17-11(16)12(14,8-13)10(15)9-6-4-3-5-7-9/h3-7H,2,8H2,1H3. The average molecular weight is 364 g/mol. The van der Waals surface area contributed by atoms with Gasteiger partial charge in [0.2, 0.25) is 0 Å². The van der Waals surface area contributed by atoms with Gasteiger partial charge in [-0.25, -0.2) is 0 Å². The number of halogens is 2. The average Bonchev–Trinajstić information content (AvgIpc) is 2.38. The van der Waals surface area contributed by atoms with Gasteiger partial charge in [-0.1, -0.05) is 62.2 Å². The summed E-state index contributed by atoms with van der Waals surface area (Å²) in [5.74, 6) is -0.890. The van der Waals surface area contributed by atoms with Gasteiger partial charge in [-0.05, 0) is 6.92 Å². The lowest BCUT2D eigenvalue weighted by Gasteiger charge is -2.21. The summed E-state index contributed by atoms with van der Waals surface area (Å²) in [5, 5.41) is 0.159. The highest BCUT2D eigenvalue weighted by molar-refractivity contribution is 9.12. The van der Waals surface area contributed by atoms with Crippen LogP contribution < -0.4 is 0 Å². The number of carbonyl (C=O) groups is 2. The van der Waals surface area contributed by atoms with Gasteiger partial charge in [0.05, 0.1) is 6.61 Å². The van der Waals surface area contributed by atoms with Crippen molar-refractivity contribution in [3.8, 4) is 0 Å². The number of alkyl halides is 2. The first-order valence-corrected chi connectivity index (χ1v) is 6.99. The van der Waals surface area contributed by atoms with Gasteiger partial charge in [-0.3, -0.25) is 9.59 Å². The molecule has 17 heavy (non-hydrogen) atoms. The van der Waals surface area contributed by atoms with E-state index in [4.69, 9.17) is 4.74 Å². The van der Waals surface area contributed by atoms with E-state index >= 15 is 0 Å². The SMILES string of the molecule is CCOC(=O)C(Br)(CBr)C(=O)c1ccccc1. The van der Waals surface area contributed by atoms with Crippen LogP contribution in [0.3, 0.4) is 0 Å². The Balaban J connectivity index is 3.02. The van der Waals surface area contributed by atoms with Crippen LogP contribution in [-0.2, 0) is 9.53 Å². The molecule has 0 fully saturated rings. The fourth-order valence-electron chi connectivity index (χ4n) is 1.27. The molecule has 1 rings (SSSR count). The van der Waals surface area contributed by atoms with Crippen molar-refractivity contribution in [2.24, 2.45) is 0 Å². The van der Waals surface area contributed by atoms with Gasteiger partial charge in [0.15, 0.2) is 10.1 Å². The van der Waals surface area contributed by atoms with Crippen molar-refractivity contribution in [2.45, 2.75) is 11.2 Å². The minimum atomic E-state index is -1.36. The van der Waals surface area contributed by atoms with Gasteiger partial charge in [-0.15, -0.1) is 0 Å². The van der Waals surface area contributed by atoms with Crippen molar-refractivity contribution in [1.82, 2.24) is 0 Å². The maximum Gasteiger partial charge on any atom is 0.331 e. The van der Waals surface area contributed by atoms with Crippen LogP contribution >= 0.6 is 31.9 Å². The van der Waals surface area contributed by atoms with E-state index in [1.807, 2.05) is 6.07 Å². The van der Waals surface area contributed by atoms with Crippen molar-refractivity contribution in [3.63, 3.8) is 0 Å². The number of hydrogen-bond donors (Lipinski definition) is 0. The predicted molar refractivity (Wildman–Crippen MR) is 72.9 cm³/mol. The van der Waals surface area contributed by atoms with E-state index in [-0.39, 0.29) is 17.7 Å². The Morgan fingerprint density at radius 1 is 1.29 bits per heavy atom.